The second-order valence-electron chi connectivity index (χ2n) is 13.2. The number of aromatic nitrogens is 6. The Morgan fingerprint density at radius 1 is 1.06 bits per heavy atom. The molecule has 1 fully saturated rings. The van der Waals surface area contributed by atoms with Crippen LogP contribution in [0.4, 0.5) is 5.82 Å². The molecule has 0 bridgehead atoms. The van der Waals surface area contributed by atoms with E-state index in [9.17, 15) is 15.0 Å². The number of hydrogen-bond donors (Lipinski definition) is 3. The zero-order valence-electron chi connectivity index (χ0n) is 26.8. The number of nitrogens with zero attached hydrogens (tertiary/aromatic N) is 6. The van der Waals surface area contributed by atoms with E-state index in [1.807, 2.05) is 45.0 Å². The van der Waals surface area contributed by atoms with E-state index in [1.165, 1.54) is 6.33 Å². The Bertz CT molecular complexity index is 2430. The summed E-state index contributed by atoms with van der Waals surface area (Å²) in [4.78, 5) is 28.7. The van der Waals surface area contributed by atoms with Gasteiger partial charge in [-0.15, -0.1) is 0 Å². The lowest BCUT2D eigenvalue weighted by Crippen LogP contribution is -2.36. The van der Waals surface area contributed by atoms with Gasteiger partial charge in [-0.25, -0.2) is 19.6 Å². The van der Waals surface area contributed by atoms with Gasteiger partial charge >= 0.3 is 0 Å². The average Bonchev–Trinajstić information content (AvgIpc) is 3.66. The maximum absolute atomic E-state index is 14.7. The molecule has 4 N–H and O–H groups in total. The van der Waals surface area contributed by atoms with Crippen LogP contribution in [0.15, 0.2) is 65.7 Å². The van der Waals surface area contributed by atoms with Crippen molar-refractivity contribution in [3.8, 4) is 34.6 Å². The Morgan fingerprint density at radius 3 is 2.65 bits per heavy atom. The Labute approximate surface area is 275 Å². The molecule has 0 spiro atoms. The van der Waals surface area contributed by atoms with Crippen LogP contribution < -0.4 is 16.0 Å². The molecule has 4 heterocycles. The fourth-order valence-electron chi connectivity index (χ4n) is 7.08. The number of phenols is 1. The summed E-state index contributed by atoms with van der Waals surface area (Å²) in [6.45, 7) is 5.77. The minimum absolute atomic E-state index is 0.0607. The summed E-state index contributed by atoms with van der Waals surface area (Å²) in [5.74, 6) is 6.89. The molecule has 0 radical (unpaired) electrons. The summed E-state index contributed by atoms with van der Waals surface area (Å²) in [7, 11) is 0. The quantitative estimate of drug-likeness (QED) is 0.232. The van der Waals surface area contributed by atoms with Crippen molar-refractivity contribution in [2.45, 2.75) is 57.7 Å². The molecule has 0 amide bonds. The first kappa shape index (κ1) is 29.7. The highest BCUT2D eigenvalue weighted by atomic mass is 16.5. The van der Waals surface area contributed by atoms with Crippen molar-refractivity contribution < 1.29 is 14.9 Å². The number of aromatic hydroxyl groups is 1. The maximum Gasteiger partial charge on any atom is 0.263 e. The van der Waals surface area contributed by atoms with Gasteiger partial charge < -0.3 is 20.7 Å². The van der Waals surface area contributed by atoms with Crippen LogP contribution >= 0.6 is 0 Å². The standard InChI is InChI=1S/C37H33N7O4/c1-21-7-4-10-23(17-21)37(14-15-37)44-28(41-26-11-5-8-22(9-6-16-45)29(26)35(44)47)19-43-34-30(33(38)39-20-40-34)31(42-43)24-12-13-27(46)32-25(24)18-36(2,3)48-32/h4-5,7-8,10-13,17,20,45-46H,14-16,18-19H2,1-3H3,(H2,38,39,40). The molecular formula is C37H33N7O4. The largest absolute Gasteiger partial charge is 0.504 e. The third-order valence-electron chi connectivity index (χ3n) is 9.30. The number of rotatable bonds is 5. The van der Waals surface area contributed by atoms with Crippen LogP contribution in [0.1, 0.15) is 54.8 Å². The second-order valence-corrected chi connectivity index (χ2v) is 13.2. The first-order valence-electron chi connectivity index (χ1n) is 15.8. The molecule has 6 aromatic rings. The van der Waals surface area contributed by atoms with Crippen molar-refractivity contribution in [3.05, 3.63) is 99.4 Å². The molecule has 240 valence electrons. The molecule has 11 heteroatoms. The predicted molar refractivity (Wildman–Crippen MR) is 182 cm³/mol. The number of nitrogens with two attached hydrogens (primary N) is 1. The summed E-state index contributed by atoms with van der Waals surface area (Å²) < 4.78 is 9.64. The Morgan fingerprint density at radius 2 is 1.88 bits per heavy atom. The number of aliphatic hydroxyl groups excluding tert-OH is 1. The van der Waals surface area contributed by atoms with Gasteiger partial charge in [-0.05, 0) is 63.4 Å². The van der Waals surface area contributed by atoms with Crippen molar-refractivity contribution in [1.82, 2.24) is 29.3 Å². The van der Waals surface area contributed by atoms with E-state index in [4.69, 9.17) is 20.6 Å². The van der Waals surface area contributed by atoms with Gasteiger partial charge in [0.2, 0.25) is 0 Å². The van der Waals surface area contributed by atoms with Crippen molar-refractivity contribution in [2.75, 3.05) is 12.3 Å². The van der Waals surface area contributed by atoms with Gasteiger partial charge in [0.1, 0.15) is 42.4 Å². The first-order chi connectivity index (χ1) is 23.1. The summed E-state index contributed by atoms with van der Waals surface area (Å²) in [6.07, 6.45) is 3.48. The van der Waals surface area contributed by atoms with Gasteiger partial charge in [0.25, 0.3) is 5.56 Å². The van der Waals surface area contributed by atoms with E-state index in [0.717, 1.165) is 35.1 Å². The molecule has 1 aliphatic carbocycles. The number of nitrogen functional groups attached to an aromatic ring is 1. The molecule has 11 nitrogen and oxygen atoms in total. The number of fused-ring (bicyclic) bond motifs is 3. The molecule has 8 rings (SSSR count). The SMILES string of the molecule is Cc1cccc(C2(n3c(Cn4nc(-c5ccc(O)c6c5CC(C)(C)O6)c5c(N)ncnc54)nc4cccc(C#CCO)c4c3=O)CC2)c1. The van der Waals surface area contributed by atoms with Crippen LogP contribution in [0.25, 0.3) is 33.2 Å². The highest BCUT2D eigenvalue weighted by Crippen LogP contribution is 2.50. The highest BCUT2D eigenvalue weighted by molar-refractivity contribution is 5.99. The van der Waals surface area contributed by atoms with Crippen molar-refractivity contribution >= 4 is 27.8 Å². The van der Waals surface area contributed by atoms with Crippen molar-refractivity contribution in [2.24, 2.45) is 0 Å². The summed E-state index contributed by atoms with van der Waals surface area (Å²) in [5.41, 5.74) is 10.9. The number of hydrogen-bond acceptors (Lipinski definition) is 9. The fourth-order valence-corrected chi connectivity index (χ4v) is 7.08. The monoisotopic (exact) mass is 639 g/mol. The summed E-state index contributed by atoms with van der Waals surface area (Å²) in [5, 5.41) is 26.1. The summed E-state index contributed by atoms with van der Waals surface area (Å²) >= 11 is 0. The second kappa shape index (κ2) is 10.7. The molecule has 0 atom stereocenters. The van der Waals surface area contributed by atoms with Gasteiger partial charge in [0, 0.05) is 23.1 Å². The third kappa shape index (κ3) is 4.59. The molecular weight excluding hydrogens is 606 g/mol. The molecule has 48 heavy (non-hydrogen) atoms. The zero-order valence-corrected chi connectivity index (χ0v) is 26.8. The highest BCUT2D eigenvalue weighted by Gasteiger charge is 2.49. The van der Waals surface area contributed by atoms with Gasteiger partial charge in [-0.1, -0.05) is 47.7 Å². The van der Waals surface area contributed by atoms with Crippen LogP contribution in [-0.4, -0.2) is 51.7 Å². The van der Waals surface area contributed by atoms with Crippen LogP contribution in [0.5, 0.6) is 11.5 Å². The molecule has 2 aliphatic rings. The third-order valence-corrected chi connectivity index (χ3v) is 9.30. The molecule has 0 unspecified atom stereocenters. The first-order valence-corrected chi connectivity index (χ1v) is 15.8. The number of benzene rings is 3. The van der Waals surface area contributed by atoms with Crippen LogP contribution in [0.2, 0.25) is 0 Å². The van der Waals surface area contributed by atoms with E-state index in [-0.39, 0.29) is 30.3 Å². The van der Waals surface area contributed by atoms with Gasteiger partial charge in [0.05, 0.1) is 21.8 Å². The molecule has 1 aliphatic heterocycles. The topological polar surface area (TPSA) is 154 Å². The van der Waals surface area contributed by atoms with Crippen LogP contribution in [0, 0.1) is 18.8 Å². The van der Waals surface area contributed by atoms with E-state index in [1.54, 1.807) is 27.4 Å². The smallest absolute Gasteiger partial charge is 0.263 e. The zero-order chi connectivity index (χ0) is 33.4. The minimum Gasteiger partial charge on any atom is -0.504 e. The normalized spacial score (nSPS) is 15.6. The lowest BCUT2D eigenvalue weighted by Gasteiger charge is -2.24. The number of aliphatic hydroxyl groups is 1. The van der Waals surface area contributed by atoms with E-state index >= 15 is 0 Å². The molecule has 3 aromatic heterocycles. The van der Waals surface area contributed by atoms with Crippen LogP contribution in [-0.2, 0) is 18.5 Å². The Kier molecular flexibility index (Phi) is 6.58. The predicted octanol–water partition coefficient (Wildman–Crippen LogP) is 4.44. The van der Waals surface area contributed by atoms with Gasteiger partial charge in [0.15, 0.2) is 17.1 Å². The van der Waals surface area contributed by atoms with Gasteiger partial charge in [-0.2, -0.15) is 5.10 Å². The maximum atomic E-state index is 14.7. The van der Waals surface area contributed by atoms with E-state index < -0.39 is 11.1 Å². The lowest BCUT2D eigenvalue weighted by atomic mass is 9.95. The number of phenolic OH excluding ortho intramolecular Hbond substituents is 1. The summed E-state index contributed by atoms with van der Waals surface area (Å²) in [6, 6.07) is 17.0. The molecule has 0 saturated heterocycles. The van der Waals surface area contributed by atoms with Crippen molar-refractivity contribution in [3.63, 3.8) is 0 Å². The van der Waals surface area contributed by atoms with Crippen LogP contribution in [0.3, 0.4) is 0 Å². The van der Waals surface area contributed by atoms with Crippen molar-refractivity contribution in [1.29, 1.82) is 0 Å². The Hall–Kier alpha value is -5.73. The minimum atomic E-state index is -0.600. The average molecular weight is 640 g/mol. The van der Waals surface area contributed by atoms with Gasteiger partial charge in [-0.3, -0.25) is 9.36 Å². The molecule has 3 aromatic carbocycles. The van der Waals surface area contributed by atoms with E-state index in [2.05, 4.69) is 33.9 Å². The molecule has 1 saturated carbocycles. The number of anilines is 1. The Balaban J connectivity index is 1.37. The van der Waals surface area contributed by atoms with E-state index in [0.29, 0.717) is 51.2 Å². The lowest BCUT2D eigenvalue weighted by molar-refractivity contribution is 0.134. The number of ether oxygens (including phenoxy) is 1. The fraction of sp³-hybridized carbons (Fsp3) is 0.270. The number of aryl methyl sites for hydroxylation is 1.